The average molecular weight is 265 g/mol. The smallest absolute Gasteiger partial charge is 0.360 e. The van der Waals surface area contributed by atoms with Gasteiger partial charge in [-0.25, -0.2) is 9.78 Å². The number of rotatable bonds is 5. The largest absolute Gasteiger partial charge is 0.464 e. The topological polar surface area (TPSA) is 70.1 Å². The lowest BCUT2D eigenvalue weighted by Gasteiger charge is -2.22. The molecule has 2 N–H and O–H groups in total. The highest BCUT2D eigenvalue weighted by Gasteiger charge is 2.46. The van der Waals surface area contributed by atoms with Crippen LogP contribution in [0.1, 0.15) is 49.9 Å². The molecule has 0 bridgehead atoms. The number of nitrogens with two attached hydrogens (primary N) is 1. The Morgan fingerprint density at radius 2 is 2.16 bits per heavy atom. The minimum Gasteiger partial charge on any atom is -0.464 e. The van der Waals surface area contributed by atoms with Gasteiger partial charge in [0.2, 0.25) is 0 Å². The Labute approximate surface area is 114 Å². The monoisotopic (exact) mass is 265 g/mol. The van der Waals surface area contributed by atoms with Gasteiger partial charge in [-0.05, 0) is 24.2 Å². The van der Waals surface area contributed by atoms with E-state index in [2.05, 4.69) is 18.8 Å². The number of imidazole rings is 1. The summed E-state index contributed by atoms with van der Waals surface area (Å²) in [6.07, 6.45) is 3.20. The Bertz CT molecular complexity index is 487. The molecule has 0 radical (unpaired) electrons. The van der Waals surface area contributed by atoms with Crippen LogP contribution in [0, 0.1) is 11.3 Å². The van der Waals surface area contributed by atoms with E-state index in [9.17, 15) is 4.79 Å². The van der Waals surface area contributed by atoms with E-state index in [1.165, 1.54) is 20.0 Å². The van der Waals surface area contributed by atoms with Crippen molar-refractivity contribution in [2.75, 3.05) is 12.8 Å². The summed E-state index contributed by atoms with van der Waals surface area (Å²) in [6.45, 7) is 7.36. The van der Waals surface area contributed by atoms with Crippen molar-refractivity contribution in [3.63, 3.8) is 0 Å². The van der Waals surface area contributed by atoms with E-state index in [4.69, 9.17) is 10.5 Å². The van der Waals surface area contributed by atoms with Crippen LogP contribution in [-0.2, 0) is 17.7 Å². The summed E-state index contributed by atoms with van der Waals surface area (Å²) in [6, 6.07) is 0. The maximum Gasteiger partial charge on any atom is 0.360 e. The van der Waals surface area contributed by atoms with Gasteiger partial charge in [0.05, 0.1) is 7.11 Å². The third-order valence-corrected chi connectivity index (χ3v) is 4.37. The van der Waals surface area contributed by atoms with Gasteiger partial charge in [-0.1, -0.05) is 20.8 Å². The molecule has 1 fully saturated rings. The van der Waals surface area contributed by atoms with Crippen LogP contribution in [0.25, 0.3) is 0 Å². The molecule has 19 heavy (non-hydrogen) atoms. The maximum absolute atomic E-state index is 11.7. The first-order valence-electron chi connectivity index (χ1n) is 6.88. The number of ether oxygens (including phenoxy) is 1. The Morgan fingerprint density at radius 3 is 2.58 bits per heavy atom. The molecular weight excluding hydrogens is 242 g/mol. The Kier molecular flexibility index (Phi) is 3.56. The normalized spacial score (nSPS) is 16.7. The molecule has 0 spiro atoms. The van der Waals surface area contributed by atoms with Crippen LogP contribution < -0.4 is 5.73 Å². The van der Waals surface area contributed by atoms with Crippen LogP contribution in [0.5, 0.6) is 0 Å². The summed E-state index contributed by atoms with van der Waals surface area (Å²) in [4.78, 5) is 16.0. The fraction of sp³-hybridized carbons (Fsp3) is 0.714. The Morgan fingerprint density at radius 1 is 1.53 bits per heavy atom. The zero-order valence-electron chi connectivity index (χ0n) is 12.2. The van der Waals surface area contributed by atoms with Crippen molar-refractivity contribution in [3.8, 4) is 0 Å². The number of nitrogens with zero attached hydrogens (tertiary/aromatic N) is 2. The molecule has 0 amide bonds. The zero-order chi connectivity index (χ0) is 14.2. The molecule has 1 aromatic heterocycles. The van der Waals surface area contributed by atoms with E-state index in [-0.39, 0.29) is 5.69 Å². The first kappa shape index (κ1) is 13.9. The van der Waals surface area contributed by atoms with Crippen molar-refractivity contribution in [2.45, 2.75) is 46.6 Å². The Hall–Kier alpha value is -1.52. The second-order valence-electron chi connectivity index (χ2n) is 5.71. The van der Waals surface area contributed by atoms with Crippen LogP contribution in [0.2, 0.25) is 0 Å². The van der Waals surface area contributed by atoms with E-state index in [0.29, 0.717) is 17.2 Å². The molecule has 0 unspecified atom stereocenters. The summed E-state index contributed by atoms with van der Waals surface area (Å²) in [5.41, 5.74) is 6.67. The van der Waals surface area contributed by atoms with Gasteiger partial charge in [0, 0.05) is 13.0 Å². The van der Waals surface area contributed by atoms with Gasteiger partial charge in [-0.3, -0.25) is 0 Å². The predicted octanol–water partition coefficient (Wildman–Crippen LogP) is 2.25. The van der Waals surface area contributed by atoms with Crippen LogP contribution >= 0.6 is 0 Å². The molecule has 0 atom stereocenters. The van der Waals surface area contributed by atoms with E-state index < -0.39 is 5.97 Å². The van der Waals surface area contributed by atoms with Crippen LogP contribution in [0.4, 0.5) is 5.82 Å². The minimum atomic E-state index is -0.458. The van der Waals surface area contributed by atoms with E-state index in [1.807, 2.05) is 11.5 Å². The summed E-state index contributed by atoms with van der Waals surface area (Å²) < 4.78 is 6.73. The standard InChI is InChI=1S/C14H23N3O2/c1-5-10-16-11(13(18)19-4)12(15)17(10)8-14(6-7-14)9(2)3/h9H,5-8,15H2,1-4H3. The van der Waals surface area contributed by atoms with Crippen molar-refractivity contribution in [1.29, 1.82) is 0 Å². The first-order chi connectivity index (χ1) is 8.95. The number of carbonyl (C=O) groups excluding carboxylic acids is 1. The molecule has 5 nitrogen and oxygen atoms in total. The van der Waals surface area contributed by atoms with Gasteiger partial charge in [0.25, 0.3) is 0 Å². The molecule has 1 aliphatic carbocycles. The molecular formula is C14H23N3O2. The second-order valence-corrected chi connectivity index (χ2v) is 5.71. The van der Waals surface area contributed by atoms with Crippen molar-refractivity contribution >= 4 is 11.8 Å². The second kappa shape index (κ2) is 4.87. The highest BCUT2D eigenvalue weighted by molar-refractivity contribution is 5.92. The summed E-state index contributed by atoms with van der Waals surface area (Å²) >= 11 is 0. The van der Waals surface area contributed by atoms with Gasteiger partial charge < -0.3 is 15.0 Å². The molecule has 1 aliphatic rings. The number of hydrogen-bond donors (Lipinski definition) is 1. The van der Waals surface area contributed by atoms with E-state index >= 15 is 0 Å². The first-order valence-corrected chi connectivity index (χ1v) is 6.88. The molecule has 0 saturated heterocycles. The van der Waals surface area contributed by atoms with Crippen LogP contribution in [0.3, 0.4) is 0 Å². The highest BCUT2D eigenvalue weighted by Crippen LogP contribution is 2.53. The molecule has 0 aliphatic heterocycles. The molecule has 5 heteroatoms. The number of esters is 1. The van der Waals surface area contributed by atoms with Gasteiger partial charge in [0.1, 0.15) is 11.6 Å². The van der Waals surface area contributed by atoms with Gasteiger partial charge in [-0.2, -0.15) is 0 Å². The number of aromatic nitrogens is 2. The number of nitrogen functional groups attached to an aromatic ring is 1. The molecule has 1 saturated carbocycles. The van der Waals surface area contributed by atoms with Crippen LogP contribution in [0.15, 0.2) is 0 Å². The maximum atomic E-state index is 11.7. The van der Waals surface area contributed by atoms with Crippen molar-refractivity contribution in [1.82, 2.24) is 9.55 Å². The van der Waals surface area contributed by atoms with E-state index in [1.54, 1.807) is 0 Å². The number of hydrogen-bond acceptors (Lipinski definition) is 4. The molecule has 1 heterocycles. The number of methoxy groups -OCH3 is 1. The molecule has 0 aromatic carbocycles. The summed E-state index contributed by atoms with van der Waals surface area (Å²) in [5.74, 6) is 1.46. The fourth-order valence-corrected chi connectivity index (χ4v) is 2.60. The third-order valence-electron chi connectivity index (χ3n) is 4.37. The zero-order valence-corrected chi connectivity index (χ0v) is 12.2. The average Bonchev–Trinajstić information content (AvgIpc) is 3.11. The van der Waals surface area contributed by atoms with Gasteiger partial charge in [0.15, 0.2) is 5.69 Å². The van der Waals surface area contributed by atoms with Crippen molar-refractivity contribution in [2.24, 2.45) is 11.3 Å². The lowest BCUT2D eigenvalue weighted by Crippen LogP contribution is -2.20. The van der Waals surface area contributed by atoms with Gasteiger partial charge >= 0.3 is 5.97 Å². The third kappa shape index (κ3) is 2.33. The van der Waals surface area contributed by atoms with Gasteiger partial charge in [-0.15, -0.1) is 0 Å². The van der Waals surface area contributed by atoms with Crippen molar-refractivity contribution < 1.29 is 9.53 Å². The molecule has 2 rings (SSSR count). The fourth-order valence-electron chi connectivity index (χ4n) is 2.60. The van der Waals surface area contributed by atoms with Crippen LogP contribution in [-0.4, -0.2) is 22.6 Å². The minimum absolute atomic E-state index is 0.249. The lowest BCUT2D eigenvalue weighted by atomic mass is 9.92. The lowest BCUT2D eigenvalue weighted by molar-refractivity contribution is 0.0595. The highest BCUT2D eigenvalue weighted by atomic mass is 16.5. The summed E-state index contributed by atoms with van der Waals surface area (Å²) in [7, 11) is 1.35. The van der Waals surface area contributed by atoms with E-state index in [0.717, 1.165) is 18.8 Å². The summed E-state index contributed by atoms with van der Waals surface area (Å²) in [5, 5.41) is 0. The molecule has 106 valence electrons. The van der Waals surface area contributed by atoms with Crippen molar-refractivity contribution in [3.05, 3.63) is 11.5 Å². The number of carbonyl (C=O) groups is 1. The number of aryl methyl sites for hydroxylation is 1. The predicted molar refractivity (Wildman–Crippen MR) is 73.9 cm³/mol. The SMILES string of the molecule is CCc1nc(C(=O)OC)c(N)n1CC1(C(C)C)CC1. The quantitative estimate of drug-likeness (QED) is 0.829. The molecule has 1 aromatic rings. The Balaban J connectivity index is 2.34. The number of anilines is 1.